The number of hydrogen-bond acceptors (Lipinski definition) is 4. The first-order chi connectivity index (χ1) is 7.24. The zero-order valence-electron chi connectivity index (χ0n) is 8.69. The van der Waals surface area contributed by atoms with Crippen LogP contribution in [0, 0.1) is 0 Å². The first-order valence-corrected chi connectivity index (χ1v) is 6.13. The fraction of sp³-hybridized carbons (Fsp3) is 0.556. The van der Waals surface area contributed by atoms with Gasteiger partial charge in [-0.1, -0.05) is 0 Å². The number of rotatable bonds is 6. The van der Waals surface area contributed by atoms with Crippen molar-refractivity contribution in [3.05, 3.63) is 18.2 Å². The highest BCUT2D eigenvalue weighted by Gasteiger charge is 2.12. The van der Waals surface area contributed by atoms with E-state index in [2.05, 4.69) is 15.3 Å². The minimum Gasteiger partial charge on any atom is -0.349 e. The maximum absolute atomic E-state index is 11.5. The van der Waals surface area contributed by atoms with Crippen LogP contribution in [0.2, 0.25) is 0 Å². The van der Waals surface area contributed by atoms with Gasteiger partial charge in [0.1, 0.15) is 0 Å². The Kier molecular flexibility index (Phi) is 5.20. The Morgan fingerprint density at radius 3 is 3.20 bits per heavy atom. The summed E-state index contributed by atoms with van der Waals surface area (Å²) in [6, 6.07) is -0.416. The molecule has 0 aliphatic rings. The molecule has 1 heterocycles. The van der Waals surface area contributed by atoms with Gasteiger partial charge < -0.3 is 16.0 Å². The molecule has 0 aliphatic carbocycles. The molecule has 0 saturated heterocycles. The molecule has 0 fully saturated rings. The van der Waals surface area contributed by atoms with Gasteiger partial charge in [-0.15, -0.1) is 0 Å². The number of carbonyl (C=O) groups excluding carboxylic acids is 1. The molecule has 5 nitrogen and oxygen atoms in total. The van der Waals surface area contributed by atoms with E-state index in [4.69, 9.17) is 5.73 Å². The second-order valence-electron chi connectivity index (χ2n) is 3.18. The summed E-state index contributed by atoms with van der Waals surface area (Å²) in [5.74, 6) is 0.789. The Labute approximate surface area is 93.2 Å². The van der Waals surface area contributed by atoms with Gasteiger partial charge in [0.25, 0.3) is 0 Å². The first kappa shape index (κ1) is 12.1. The number of H-pyrrole nitrogens is 1. The largest absolute Gasteiger partial charge is 0.349 e. The van der Waals surface area contributed by atoms with Crippen LogP contribution in [0.15, 0.2) is 12.5 Å². The smallest absolute Gasteiger partial charge is 0.237 e. The number of thioether (sulfide) groups is 1. The third kappa shape index (κ3) is 4.35. The zero-order chi connectivity index (χ0) is 11.1. The van der Waals surface area contributed by atoms with Crippen LogP contribution in [0.25, 0.3) is 0 Å². The summed E-state index contributed by atoms with van der Waals surface area (Å²) < 4.78 is 0. The third-order valence-electron chi connectivity index (χ3n) is 1.98. The SMILES string of the molecule is CSCC[C@@H](N)C(=O)NCc1cnc[nH]1. The molecular formula is C9H16N4OS. The molecule has 84 valence electrons. The first-order valence-electron chi connectivity index (χ1n) is 4.73. The van der Waals surface area contributed by atoms with Gasteiger partial charge >= 0.3 is 0 Å². The van der Waals surface area contributed by atoms with Gasteiger partial charge in [-0.2, -0.15) is 11.8 Å². The van der Waals surface area contributed by atoms with Crippen LogP contribution in [0.1, 0.15) is 12.1 Å². The Hall–Kier alpha value is -1.01. The highest BCUT2D eigenvalue weighted by atomic mass is 32.2. The lowest BCUT2D eigenvalue weighted by molar-refractivity contribution is -0.122. The molecule has 0 spiro atoms. The number of aromatic amines is 1. The van der Waals surface area contributed by atoms with Crippen LogP contribution >= 0.6 is 11.8 Å². The molecule has 1 amide bonds. The predicted octanol–water partition coefficient (Wildman–Crippen LogP) is 0.106. The van der Waals surface area contributed by atoms with E-state index in [1.807, 2.05) is 6.26 Å². The predicted molar refractivity (Wildman–Crippen MR) is 61.4 cm³/mol. The molecular weight excluding hydrogens is 212 g/mol. The lowest BCUT2D eigenvalue weighted by Crippen LogP contribution is -2.40. The van der Waals surface area contributed by atoms with Crippen molar-refractivity contribution < 1.29 is 4.79 Å². The number of nitrogens with one attached hydrogen (secondary N) is 2. The maximum atomic E-state index is 11.5. The van der Waals surface area contributed by atoms with E-state index >= 15 is 0 Å². The molecule has 1 aromatic rings. The molecule has 0 radical (unpaired) electrons. The van der Waals surface area contributed by atoms with E-state index in [1.165, 1.54) is 0 Å². The van der Waals surface area contributed by atoms with Crippen molar-refractivity contribution in [2.75, 3.05) is 12.0 Å². The fourth-order valence-corrected chi connectivity index (χ4v) is 1.56. The van der Waals surface area contributed by atoms with E-state index in [0.717, 1.165) is 11.4 Å². The minimum atomic E-state index is -0.416. The van der Waals surface area contributed by atoms with E-state index in [9.17, 15) is 4.79 Å². The van der Waals surface area contributed by atoms with Crippen LogP contribution < -0.4 is 11.1 Å². The van der Waals surface area contributed by atoms with E-state index in [-0.39, 0.29) is 5.91 Å². The van der Waals surface area contributed by atoms with Gasteiger partial charge in [0.2, 0.25) is 5.91 Å². The lowest BCUT2D eigenvalue weighted by atomic mass is 10.2. The van der Waals surface area contributed by atoms with Crippen molar-refractivity contribution >= 4 is 17.7 Å². The Morgan fingerprint density at radius 1 is 1.80 bits per heavy atom. The topological polar surface area (TPSA) is 83.8 Å². The average molecular weight is 228 g/mol. The maximum Gasteiger partial charge on any atom is 0.237 e. The van der Waals surface area contributed by atoms with E-state index in [1.54, 1.807) is 24.3 Å². The van der Waals surface area contributed by atoms with Crippen molar-refractivity contribution in [3.63, 3.8) is 0 Å². The summed E-state index contributed by atoms with van der Waals surface area (Å²) in [5.41, 5.74) is 6.57. The van der Waals surface area contributed by atoms with Gasteiger partial charge in [0, 0.05) is 6.20 Å². The van der Waals surface area contributed by atoms with Crippen molar-refractivity contribution in [1.29, 1.82) is 0 Å². The number of carbonyl (C=O) groups is 1. The molecule has 1 aromatic heterocycles. The Bertz CT molecular complexity index is 288. The minimum absolute atomic E-state index is 0.112. The summed E-state index contributed by atoms with van der Waals surface area (Å²) in [4.78, 5) is 18.2. The second-order valence-corrected chi connectivity index (χ2v) is 4.17. The molecule has 0 aromatic carbocycles. The number of aromatic nitrogens is 2. The molecule has 0 saturated carbocycles. The summed E-state index contributed by atoms with van der Waals surface area (Å²) in [6.07, 6.45) is 5.95. The number of imidazole rings is 1. The molecule has 4 N–H and O–H groups in total. The summed E-state index contributed by atoms with van der Waals surface area (Å²) in [5, 5.41) is 2.75. The third-order valence-corrected chi connectivity index (χ3v) is 2.62. The normalized spacial score (nSPS) is 12.4. The van der Waals surface area contributed by atoms with Crippen molar-refractivity contribution in [2.24, 2.45) is 5.73 Å². The Morgan fingerprint density at radius 2 is 2.60 bits per heavy atom. The zero-order valence-corrected chi connectivity index (χ0v) is 9.51. The fourth-order valence-electron chi connectivity index (χ4n) is 1.07. The average Bonchev–Trinajstić information content (AvgIpc) is 2.75. The molecule has 6 heteroatoms. The monoisotopic (exact) mass is 228 g/mol. The van der Waals surface area contributed by atoms with Crippen LogP contribution in [0.4, 0.5) is 0 Å². The number of nitrogens with two attached hydrogens (primary N) is 1. The number of hydrogen-bond donors (Lipinski definition) is 3. The molecule has 0 unspecified atom stereocenters. The van der Waals surface area contributed by atoms with Gasteiger partial charge in [-0.05, 0) is 18.4 Å². The van der Waals surface area contributed by atoms with E-state index < -0.39 is 6.04 Å². The number of nitrogens with zero attached hydrogens (tertiary/aromatic N) is 1. The summed E-state index contributed by atoms with van der Waals surface area (Å²) in [7, 11) is 0. The highest BCUT2D eigenvalue weighted by molar-refractivity contribution is 7.98. The second kappa shape index (κ2) is 6.47. The van der Waals surface area contributed by atoms with Crippen LogP contribution in [0.5, 0.6) is 0 Å². The standard InChI is InChI=1S/C9H16N4OS/c1-15-3-2-8(10)9(14)12-5-7-4-11-6-13-7/h4,6,8H,2-3,5,10H2,1H3,(H,11,13)(H,12,14)/t8-/m1/s1. The van der Waals surface area contributed by atoms with Gasteiger partial charge in [-0.3, -0.25) is 4.79 Å². The van der Waals surface area contributed by atoms with Gasteiger partial charge in [-0.25, -0.2) is 4.98 Å². The number of amides is 1. The van der Waals surface area contributed by atoms with E-state index in [0.29, 0.717) is 13.0 Å². The van der Waals surface area contributed by atoms with Gasteiger partial charge in [0.15, 0.2) is 0 Å². The molecule has 0 aliphatic heterocycles. The van der Waals surface area contributed by atoms with Crippen molar-refractivity contribution in [2.45, 2.75) is 19.0 Å². The van der Waals surface area contributed by atoms with Crippen LogP contribution in [0.3, 0.4) is 0 Å². The van der Waals surface area contributed by atoms with Crippen LogP contribution in [-0.2, 0) is 11.3 Å². The summed E-state index contributed by atoms with van der Waals surface area (Å²) >= 11 is 1.69. The van der Waals surface area contributed by atoms with Crippen LogP contribution in [-0.4, -0.2) is 33.9 Å². The highest BCUT2D eigenvalue weighted by Crippen LogP contribution is 1.99. The molecule has 0 bridgehead atoms. The molecule has 1 atom stereocenters. The van der Waals surface area contributed by atoms with Gasteiger partial charge in [0.05, 0.1) is 24.6 Å². The summed E-state index contributed by atoms with van der Waals surface area (Å²) in [6.45, 7) is 0.450. The van der Waals surface area contributed by atoms with Crippen molar-refractivity contribution in [3.8, 4) is 0 Å². The van der Waals surface area contributed by atoms with Crippen molar-refractivity contribution in [1.82, 2.24) is 15.3 Å². The lowest BCUT2D eigenvalue weighted by Gasteiger charge is -2.10. The molecule has 1 rings (SSSR count). The Balaban J connectivity index is 2.23. The quantitative estimate of drug-likeness (QED) is 0.645. The molecule has 15 heavy (non-hydrogen) atoms.